The molecule has 136 valence electrons. The Morgan fingerprint density at radius 2 is 1.84 bits per heavy atom. The fourth-order valence-electron chi connectivity index (χ4n) is 7.55. The van der Waals surface area contributed by atoms with Crippen LogP contribution in [0, 0.1) is 52.8 Å². The minimum atomic E-state index is -0.0357. The van der Waals surface area contributed by atoms with Gasteiger partial charge in [0.2, 0.25) is 0 Å². The van der Waals surface area contributed by atoms with Gasteiger partial charge in [-0.25, -0.2) is 0 Å². The maximum absolute atomic E-state index is 13.1. The lowest BCUT2D eigenvalue weighted by Gasteiger charge is -2.58. The highest BCUT2D eigenvalue weighted by Crippen LogP contribution is 2.66. The molecule has 1 nitrogen and oxygen atoms in total. The van der Waals surface area contributed by atoms with E-state index in [0.29, 0.717) is 29.0 Å². The molecule has 0 saturated heterocycles. The molecule has 0 aliphatic heterocycles. The molecule has 7 atom stereocenters. The zero-order chi connectivity index (χ0) is 18.0. The number of hydrogen-bond donors (Lipinski definition) is 0. The Labute approximate surface area is 154 Å². The van der Waals surface area contributed by atoms with Gasteiger partial charge < -0.3 is 0 Å². The molecule has 4 aliphatic rings. The van der Waals surface area contributed by atoms with Crippen molar-refractivity contribution in [3.63, 3.8) is 0 Å². The van der Waals surface area contributed by atoms with Crippen molar-refractivity contribution in [1.82, 2.24) is 0 Å². The maximum atomic E-state index is 13.1. The summed E-state index contributed by atoms with van der Waals surface area (Å²) in [6, 6.07) is 0. The van der Waals surface area contributed by atoms with E-state index >= 15 is 0 Å². The van der Waals surface area contributed by atoms with Gasteiger partial charge in [-0.2, -0.15) is 0 Å². The average molecular weight is 339 g/mol. The van der Waals surface area contributed by atoms with Gasteiger partial charge in [-0.15, -0.1) is 12.3 Å². The first kappa shape index (κ1) is 17.4. The molecule has 0 N–H and O–H groups in total. The third-order valence-corrected chi connectivity index (χ3v) is 9.05. The van der Waals surface area contributed by atoms with Crippen molar-refractivity contribution < 1.29 is 4.79 Å². The molecule has 3 fully saturated rings. The molecule has 0 aromatic heterocycles. The van der Waals surface area contributed by atoms with Crippen LogP contribution in [0.5, 0.6) is 0 Å². The summed E-state index contributed by atoms with van der Waals surface area (Å²) in [5.41, 5.74) is 3.62. The molecule has 0 amide bonds. The standard InChI is InChI=1S/C24H34O/c1-6-16-8-10-23(4)19-9-11-24(5)21(14-17(7-2)22(24)25)18(19)12-15(3)20(23)13-16/h1,16-19,21H,7-14H2,2-5H3/t16-,17+,18+,19-,21-,23+,24-/m0/s1. The lowest BCUT2D eigenvalue weighted by molar-refractivity contribution is -0.134. The van der Waals surface area contributed by atoms with Crippen molar-refractivity contribution in [3.05, 3.63) is 11.1 Å². The Hall–Kier alpha value is -1.03. The number of Topliss-reactive ketones (excluding diaryl/α,β-unsaturated/α-hetero) is 1. The van der Waals surface area contributed by atoms with Gasteiger partial charge in [0, 0.05) is 17.3 Å². The molecular formula is C24H34O. The number of carbonyl (C=O) groups is 1. The van der Waals surface area contributed by atoms with Gasteiger partial charge >= 0.3 is 0 Å². The molecule has 4 aliphatic carbocycles. The van der Waals surface area contributed by atoms with Gasteiger partial charge in [0.15, 0.2) is 0 Å². The molecule has 0 spiro atoms. The van der Waals surface area contributed by atoms with Gasteiger partial charge in [-0.1, -0.05) is 31.9 Å². The van der Waals surface area contributed by atoms with Gasteiger partial charge in [0.05, 0.1) is 0 Å². The van der Waals surface area contributed by atoms with E-state index in [1.807, 2.05) is 0 Å². The maximum Gasteiger partial charge on any atom is 0.142 e. The number of terminal acetylenes is 1. The zero-order valence-corrected chi connectivity index (χ0v) is 16.5. The molecule has 3 saturated carbocycles. The fourth-order valence-corrected chi connectivity index (χ4v) is 7.55. The molecule has 0 aromatic rings. The lowest BCUT2D eigenvalue weighted by Crippen LogP contribution is -2.50. The van der Waals surface area contributed by atoms with Crippen molar-refractivity contribution in [2.24, 2.45) is 40.4 Å². The summed E-state index contributed by atoms with van der Waals surface area (Å²) >= 11 is 0. The smallest absolute Gasteiger partial charge is 0.142 e. The third-order valence-electron chi connectivity index (χ3n) is 9.05. The van der Waals surface area contributed by atoms with Crippen molar-refractivity contribution >= 4 is 5.78 Å². The van der Waals surface area contributed by atoms with Crippen molar-refractivity contribution in [1.29, 1.82) is 0 Å². The van der Waals surface area contributed by atoms with Crippen LogP contribution in [0.4, 0.5) is 0 Å². The SMILES string of the molecule is C#C[C@H]1CC[C@@]2(C)C(=C(C)C[C@@H]3[C@@H]2CC[C@]2(C)C(=O)[C@H](CC)C[C@@H]32)C1. The zero-order valence-electron chi connectivity index (χ0n) is 16.5. The summed E-state index contributed by atoms with van der Waals surface area (Å²) in [5, 5.41) is 0. The van der Waals surface area contributed by atoms with Gasteiger partial charge in [-0.05, 0) is 81.5 Å². The number of allylic oxidation sites excluding steroid dienone is 2. The van der Waals surface area contributed by atoms with E-state index in [4.69, 9.17) is 6.42 Å². The van der Waals surface area contributed by atoms with Crippen molar-refractivity contribution in [3.8, 4) is 12.3 Å². The Morgan fingerprint density at radius 3 is 2.52 bits per heavy atom. The van der Waals surface area contributed by atoms with E-state index in [1.54, 1.807) is 11.1 Å². The quantitative estimate of drug-likeness (QED) is 0.436. The van der Waals surface area contributed by atoms with Gasteiger partial charge in [-0.3, -0.25) is 4.79 Å². The summed E-state index contributed by atoms with van der Waals surface area (Å²) in [6.07, 6.45) is 15.1. The predicted molar refractivity (Wildman–Crippen MR) is 103 cm³/mol. The summed E-state index contributed by atoms with van der Waals surface area (Å²) in [5.74, 6) is 6.49. The predicted octanol–water partition coefficient (Wildman–Crippen LogP) is 5.79. The van der Waals surface area contributed by atoms with E-state index in [9.17, 15) is 4.79 Å². The molecular weight excluding hydrogens is 304 g/mol. The van der Waals surface area contributed by atoms with Crippen LogP contribution < -0.4 is 0 Å². The number of hydrogen-bond acceptors (Lipinski definition) is 1. The molecule has 0 unspecified atom stereocenters. The Morgan fingerprint density at radius 1 is 1.12 bits per heavy atom. The summed E-state index contributed by atoms with van der Waals surface area (Å²) < 4.78 is 0. The minimum Gasteiger partial charge on any atom is -0.299 e. The van der Waals surface area contributed by atoms with Crippen molar-refractivity contribution in [2.45, 2.75) is 79.1 Å². The molecule has 4 rings (SSSR count). The third kappa shape index (κ3) is 2.25. The van der Waals surface area contributed by atoms with E-state index in [1.165, 1.54) is 25.7 Å². The van der Waals surface area contributed by atoms with E-state index < -0.39 is 0 Å². The normalized spacial score (nSPS) is 49.2. The van der Waals surface area contributed by atoms with E-state index in [-0.39, 0.29) is 5.41 Å². The second-order valence-electron chi connectivity index (χ2n) is 10.0. The second kappa shape index (κ2) is 5.73. The molecule has 0 radical (unpaired) electrons. The van der Waals surface area contributed by atoms with E-state index in [0.717, 1.165) is 37.5 Å². The topological polar surface area (TPSA) is 17.1 Å². The van der Waals surface area contributed by atoms with Crippen LogP contribution in [0.15, 0.2) is 11.1 Å². The average Bonchev–Trinajstić information content (AvgIpc) is 2.86. The first-order valence-corrected chi connectivity index (χ1v) is 10.5. The summed E-state index contributed by atoms with van der Waals surface area (Å²) in [6.45, 7) is 9.40. The van der Waals surface area contributed by atoms with Crippen LogP contribution in [-0.2, 0) is 4.79 Å². The second-order valence-corrected chi connectivity index (χ2v) is 10.0. The molecule has 0 bridgehead atoms. The van der Waals surface area contributed by atoms with Crippen LogP contribution >= 0.6 is 0 Å². The number of fused-ring (bicyclic) bond motifs is 5. The molecule has 25 heavy (non-hydrogen) atoms. The highest BCUT2D eigenvalue weighted by atomic mass is 16.1. The molecule has 1 heteroatoms. The first-order valence-electron chi connectivity index (χ1n) is 10.5. The van der Waals surface area contributed by atoms with Crippen LogP contribution in [0.1, 0.15) is 79.1 Å². The Kier molecular flexibility index (Phi) is 3.99. The Bertz CT molecular complexity index is 664. The van der Waals surface area contributed by atoms with Gasteiger partial charge in [0.25, 0.3) is 0 Å². The van der Waals surface area contributed by atoms with E-state index in [2.05, 4.69) is 33.6 Å². The monoisotopic (exact) mass is 338 g/mol. The number of ketones is 1. The summed E-state index contributed by atoms with van der Waals surface area (Å²) in [4.78, 5) is 13.1. The summed E-state index contributed by atoms with van der Waals surface area (Å²) in [7, 11) is 0. The number of carbonyl (C=O) groups excluding carboxylic acids is 1. The highest BCUT2D eigenvalue weighted by Gasteiger charge is 2.61. The Balaban J connectivity index is 1.72. The van der Waals surface area contributed by atoms with Crippen LogP contribution in [0.25, 0.3) is 0 Å². The van der Waals surface area contributed by atoms with Crippen LogP contribution in [0.3, 0.4) is 0 Å². The molecule has 0 aromatic carbocycles. The van der Waals surface area contributed by atoms with Crippen molar-refractivity contribution in [2.75, 3.05) is 0 Å². The minimum absolute atomic E-state index is 0.0357. The lowest BCUT2D eigenvalue weighted by atomic mass is 9.46. The van der Waals surface area contributed by atoms with Crippen LogP contribution in [-0.4, -0.2) is 5.78 Å². The highest BCUT2D eigenvalue weighted by molar-refractivity contribution is 5.89. The molecule has 0 heterocycles. The first-order chi connectivity index (χ1) is 11.8. The number of rotatable bonds is 1. The van der Waals surface area contributed by atoms with Gasteiger partial charge in [0.1, 0.15) is 5.78 Å². The van der Waals surface area contributed by atoms with Crippen LogP contribution in [0.2, 0.25) is 0 Å². The largest absolute Gasteiger partial charge is 0.299 e. The fraction of sp³-hybridized carbons (Fsp3) is 0.792.